The number of sulfonamides is 1. The number of nitrogens with one attached hydrogen (secondary N) is 2. The Hall–Kier alpha value is -1.39. The minimum atomic E-state index is -3.63. The molecule has 1 aliphatic rings. The lowest BCUT2D eigenvalue weighted by Gasteiger charge is -2.26. The fourth-order valence-electron chi connectivity index (χ4n) is 2.48. The second-order valence-electron chi connectivity index (χ2n) is 5.76. The molecule has 0 aromatic heterocycles. The van der Waals surface area contributed by atoms with E-state index < -0.39 is 10.0 Å². The fraction of sp³-hybridized carbons (Fsp3) is 0.562. The van der Waals surface area contributed by atoms with Crippen LogP contribution in [-0.4, -0.2) is 58.0 Å². The van der Waals surface area contributed by atoms with Gasteiger partial charge < -0.3 is 21.1 Å². The standard InChI is InChI=1S/C16H26N4O4S.ClH/c1-2-3-6-18-14-5-4-13(11-15(14)19-16(21)12-17)25(22,23)20-7-9-24-10-8-20;/h4-5,11,18H,2-3,6-10,12,17H2,1H3,(H,19,21);1H. The molecule has 8 nitrogen and oxygen atoms in total. The minimum absolute atomic E-state index is 0. The van der Waals surface area contributed by atoms with E-state index in [1.807, 2.05) is 0 Å². The normalized spacial score (nSPS) is 15.2. The molecule has 1 aromatic rings. The van der Waals surface area contributed by atoms with Crippen molar-refractivity contribution in [3.8, 4) is 0 Å². The number of ether oxygens (including phenoxy) is 1. The molecule has 0 atom stereocenters. The first kappa shape index (κ1) is 22.7. The van der Waals surface area contributed by atoms with Gasteiger partial charge in [0.2, 0.25) is 15.9 Å². The van der Waals surface area contributed by atoms with Crippen molar-refractivity contribution in [1.82, 2.24) is 4.31 Å². The van der Waals surface area contributed by atoms with E-state index in [4.69, 9.17) is 10.5 Å². The van der Waals surface area contributed by atoms with Gasteiger partial charge in [-0.2, -0.15) is 4.31 Å². The van der Waals surface area contributed by atoms with Gasteiger partial charge in [0.15, 0.2) is 0 Å². The first-order chi connectivity index (χ1) is 12.0. The molecule has 0 unspecified atom stereocenters. The summed E-state index contributed by atoms with van der Waals surface area (Å²) in [5.74, 6) is -0.375. The van der Waals surface area contributed by atoms with Gasteiger partial charge in [-0.1, -0.05) is 13.3 Å². The Morgan fingerprint density at radius 3 is 2.58 bits per heavy atom. The number of amides is 1. The molecule has 2 rings (SSSR count). The Morgan fingerprint density at radius 2 is 1.96 bits per heavy atom. The van der Waals surface area contributed by atoms with E-state index in [2.05, 4.69) is 17.6 Å². The summed E-state index contributed by atoms with van der Waals surface area (Å²) in [4.78, 5) is 11.8. The zero-order chi connectivity index (χ0) is 18.3. The van der Waals surface area contributed by atoms with Crippen LogP contribution >= 0.6 is 12.4 Å². The number of unbranched alkanes of at least 4 members (excludes halogenated alkanes) is 1. The van der Waals surface area contributed by atoms with Crippen molar-refractivity contribution in [1.29, 1.82) is 0 Å². The van der Waals surface area contributed by atoms with Crippen LogP contribution in [0.4, 0.5) is 11.4 Å². The third-order valence-electron chi connectivity index (χ3n) is 3.90. The molecule has 0 spiro atoms. The largest absolute Gasteiger partial charge is 0.383 e. The number of halogens is 1. The molecule has 0 radical (unpaired) electrons. The minimum Gasteiger partial charge on any atom is -0.383 e. The van der Waals surface area contributed by atoms with Crippen molar-refractivity contribution in [2.75, 3.05) is 50.0 Å². The van der Waals surface area contributed by atoms with Crippen molar-refractivity contribution in [3.63, 3.8) is 0 Å². The summed E-state index contributed by atoms with van der Waals surface area (Å²) in [5, 5.41) is 5.89. The van der Waals surface area contributed by atoms with Crippen molar-refractivity contribution in [3.05, 3.63) is 18.2 Å². The Bertz CT molecular complexity index is 693. The van der Waals surface area contributed by atoms with E-state index in [1.165, 1.54) is 10.4 Å². The molecule has 0 bridgehead atoms. The third-order valence-corrected chi connectivity index (χ3v) is 5.80. The summed E-state index contributed by atoms with van der Waals surface area (Å²) in [6.45, 7) is 4.05. The van der Waals surface area contributed by atoms with E-state index in [0.29, 0.717) is 37.7 Å². The molecule has 1 aromatic carbocycles. The van der Waals surface area contributed by atoms with Crippen molar-refractivity contribution < 1.29 is 17.9 Å². The molecule has 1 amide bonds. The summed E-state index contributed by atoms with van der Waals surface area (Å²) >= 11 is 0. The number of carbonyl (C=O) groups is 1. The van der Waals surface area contributed by atoms with Crippen molar-refractivity contribution >= 4 is 39.7 Å². The smallest absolute Gasteiger partial charge is 0.243 e. The van der Waals surface area contributed by atoms with Gasteiger partial charge in [-0.15, -0.1) is 12.4 Å². The van der Waals surface area contributed by atoms with Crippen LogP contribution in [0.15, 0.2) is 23.1 Å². The predicted octanol–water partition coefficient (Wildman–Crippen LogP) is 1.24. The van der Waals surface area contributed by atoms with Crippen LogP contribution in [-0.2, 0) is 19.6 Å². The number of nitrogens with zero attached hydrogens (tertiary/aromatic N) is 1. The fourth-order valence-corrected chi connectivity index (χ4v) is 3.91. The molecule has 0 saturated carbocycles. The van der Waals surface area contributed by atoms with Crippen LogP contribution in [0.2, 0.25) is 0 Å². The van der Waals surface area contributed by atoms with E-state index in [0.717, 1.165) is 19.4 Å². The van der Waals surface area contributed by atoms with Gasteiger partial charge in [-0.25, -0.2) is 8.42 Å². The lowest BCUT2D eigenvalue weighted by Crippen LogP contribution is -2.40. The molecular formula is C16H27ClN4O4S. The number of hydrogen-bond donors (Lipinski definition) is 3. The summed E-state index contributed by atoms with van der Waals surface area (Å²) in [6, 6.07) is 4.71. The molecule has 0 aliphatic carbocycles. The van der Waals surface area contributed by atoms with Crippen molar-refractivity contribution in [2.45, 2.75) is 24.7 Å². The first-order valence-corrected chi connectivity index (χ1v) is 9.88. The second-order valence-corrected chi connectivity index (χ2v) is 7.69. The topological polar surface area (TPSA) is 114 Å². The van der Waals surface area contributed by atoms with Crippen molar-refractivity contribution in [2.24, 2.45) is 5.73 Å². The molecule has 1 saturated heterocycles. The molecule has 4 N–H and O–H groups in total. The quantitative estimate of drug-likeness (QED) is 0.559. The first-order valence-electron chi connectivity index (χ1n) is 8.44. The second kappa shape index (κ2) is 10.7. The van der Waals surface area contributed by atoms with Gasteiger partial charge in [0, 0.05) is 19.6 Å². The average molecular weight is 407 g/mol. The molecule has 10 heteroatoms. The highest BCUT2D eigenvalue weighted by Crippen LogP contribution is 2.27. The van der Waals surface area contributed by atoms with Crippen LogP contribution in [0.1, 0.15) is 19.8 Å². The van der Waals surface area contributed by atoms with Gasteiger partial charge >= 0.3 is 0 Å². The number of hydrogen-bond acceptors (Lipinski definition) is 6. The summed E-state index contributed by atoms with van der Waals surface area (Å²) in [6.07, 6.45) is 2.00. The van der Waals surface area contributed by atoms with E-state index in [1.54, 1.807) is 12.1 Å². The maximum atomic E-state index is 12.8. The Morgan fingerprint density at radius 1 is 1.27 bits per heavy atom. The zero-order valence-corrected chi connectivity index (χ0v) is 16.5. The lowest BCUT2D eigenvalue weighted by atomic mass is 10.2. The molecular weight excluding hydrogens is 380 g/mol. The SMILES string of the molecule is CCCCNc1ccc(S(=O)(=O)N2CCOCC2)cc1NC(=O)CN.Cl. The highest BCUT2D eigenvalue weighted by atomic mass is 35.5. The van der Waals surface area contributed by atoms with Crippen LogP contribution in [0, 0.1) is 0 Å². The van der Waals surface area contributed by atoms with Crippen LogP contribution in [0.25, 0.3) is 0 Å². The Balaban J connectivity index is 0.00000338. The maximum Gasteiger partial charge on any atom is 0.243 e. The molecule has 1 aliphatic heterocycles. The van der Waals surface area contributed by atoms with Gasteiger partial charge in [-0.05, 0) is 24.6 Å². The average Bonchev–Trinajstić information content (AvgIpc) is 2.63. The van der Waals surface area contributed by atoms with Crippen LogP contribution in [0.5, 0.6) is 0 Å². The zero-order valence-electron chi connectivity index (χ0n) is 14.9. The van der Waals surface area contributed by atoms with Crippen LogP contribution in [0.3, 0.4) is 0 Å². The van der Waals surface area contributed by atoms with Gasteiger partial charge in [0.25, 0.3) is 0 Å². The summed E-state index contributed by atoms with van der Waals surface area (Å²) < 4.78 is 32.2. The van der Waals surface area contributed by atoms with E-state index in [9.17, 15) is 13.2 Å². The maximum absolute atomic E-state index is 12.8. The lowest BCUT2D eigenvalue weighted by molar-refractivity contribution is -0.114. The summed E-state index contributed by atoms with van der Waals surface area (Å²) in [5.41, 5.74) is 6.45. The number of anilines is 2. The highest BCUT2D eigenvalue weighted by Gasteiger charge is 2.27. The molecule has 1 heterocycles. The van der Waals surface area contributed by atoms with Crippen LogP contribution < -0.4 is 16.4 Å². The third kappa shape index (κ3) is 5.82. The molecule has 148 valence electrons. The molecule has 1 fully saturated rings. The highest BCUT2D eigenvalue weighted by molar-refractivity contribution is 7.89. The number of carbonyl (C=O) groups excluding carboxylic acids is 1. The van der Waals surface area contributed by atoms with Gasteiger partial charge in [0.1, 0.15) is 0 Å². The number of benzene rings is 1. The monoisotopic (exact) mass is 406 g/mol. The summed E-state index contributed by atoms with van der Waals surface area (Å²) in [7, 11) is -3.63. The number of nitrogens with two attached hydrogens (primary N) is 1. The number of rotatable bonds is 8. The van der Waals surface area contributed by atoms with Gasteiger partial charge in [0.05, 0.1) is 36.0 Å². The predicted molar refractivity (Wildman–Crippen MR) is 104 cm³/mol. The number of morpholine rings is 1. The van der Waals surface area contributed by atoms with E-state index in [-0.39, 0.29) is 29.8 Å². The Labute approximate surface area is 160 Å². The molecule has 26 heavy (non-hydrogen) atoms. The van der Waals surface area contributed by atoms with Gasteiger partial charge in [-0.3, -0.25) is 4.79 Å². The van der Waals surface area contributed by atoms with E-state index >= 15 is 0 Å². The Kier molecular flexibility index (Phi) is 9.31.